The first-order valence-corrected chi connectivity index (χ1v) is 13.8. The van der Waals surface area contributed by atoms with Crippen LogP contribution in [0.2, 0.25) is 5.15 Å². The van der Waals surface area contributed by atoms with Crippen LogP contribution in [-0.4, -0.2) is 67.6 Å². The smallest absolute Gasteiger partial charge is 0.410 e. The molecule has 0 bridgehead atoms. The summed E-state index contributed by atoms with van der Waals surface area (Å²) in [5.74, 6) is -2.84. The quantitative estimate of drug-likeness (QED) is 0.254. The van der Waals surface area contributed by atoms with E-state index >= 15 is 8.78 Å². The molecule has 3 heterocycles. The summed E-state index contributed by atoms with van der Waals surface area (Å²) in [6.45, 7) is 7.38. The molecule has 42 heavy (non-hydrogen) atoms. The maximum atomic E-state index is 15.5. The van der Waals surface area contributed by atoms with Crippen LogP contribution in [0, 0.1) is 17.0 Å². The molecule has 228 valence electrons. The van der Waals surface area contributed by atoms with Crippen LogP contribution in [0.1, 0.15) is 53.4 Å². The van der Waals surface area contributed by atoms with E-state index in [0.29, 0.717) is 25.9 Å². The van der Waals surface area contributed by atoms with Crippen LogP contribution in [0.5, 0.6) is 5.75 Å². The average molecular weight is 617 g/mol. The van der Waals surface area contributed by atoms with Gasteiger partial charge < -0.3 is 19.7 Å². The van der Waals surface area contributed by atoms with Crippen molar-refractivity contribution in [3.8, 4) is 16.9 Å². The lowest BCUT2D eigenvalue weighted by Crippen LogP contribution is -2.52. The number of amides is 1. The van der Waals surface area contributed by atoms with E-state index in [-0.39, 0.29) is 29.1 Å². The number of nitrogens with one attached hydrogen (secondary N) is 1. The summed E-state index contributed by atoms with van der Waals surface area (Å²) in [6, 6.07) is -0.182. The third-order valence-corrected chi connectivity index (χ3v) is 7.87. The Morgan fingerprint density at radius 1 is 1.12 bits per heavy atom. The summed E-state index contributed by atoms with van der Waals surface area (Å²) in [7, 11) is 0. The lowest BCUT2D eigenvalue weighted by atomic mass is 9.61. The van der Waals surface area contributed by atoms with E-state index in [1.165, 1.54) is 0 Å². The minimum atomic E-state index is -4.68. The molecule has 0 radical (unpaired) electrons. The molecule has 2 aromatic heterocycles. The van der Waals surface area contributed by atoms with Gasteiger partial charge in [-0.2, -0.15) is 32.8 Å². The van der Waals surface area contributed by atoms with Crippen LogP contribution in [0.4, 0.5) is 32.6 Å². The van der Waals surface area contributed by atoms with Gasteiger partial charge in [-0.25, -0.2) is 13.6 Å². The number of anilines is 1. The number of nitrogens with zero attached hydrogens (tertiary/aromatic N) is 5. The van der Waals surface area contributed by atoms with E-state index < -0.39 is 51.6 Å². The number of piperidine rings is 1. The molecule has 1 saturated carbocycles. The highest BCUT2D eigenvalue weighted by Gasteiger charge is 2.48. The van der Waals surface area contributed by atoms with Gasteiger partial charge in [0.1, 0.15) is 46.3 Å². The van der Waals surface area contributed by atoms with Crippen molar-refractivity contribution < 1.29 is 36.2 Å². The van der Waals surface area contributed by atoms with Gasteiger partial charge in [0.25, 0.3) is 5.78 Å². The minimum absolute atomic E-state index is 0.0254. The molecule has 0 unspecified atom stereocenters. The Morgan fingerprint density at radius 3 is 2.31 bits per heavy atom. The van der Waals surface area contributed by atoms with Crippen molar-refractivity contribution in [2.75, 3.05) is 18.4 Å². The van der Waals surface area contributed by atoms with E-state index in [1.807, 2.05) is 20.8 Å². The number of halogens is 6. The van der Waals surface area contributed by atoms with Crippen LogP contribution in [0.3, 0.4) is 0 Å². The monoisotopic (exact) mass is 616 g/mol. The molecule has 5 rings (SSSR count). The Balaban J connectivity index is 1.31. The summed E-state index contributed by atoms with van der Waals surface area (Å²) >= 11 is 6.23. The molecule has 3 aromatic rings. The van der Waals surface area contributed by atoms with Gasteiger partial charge in [-0.3, -0.25) is 0 Å². The highest BCUT2D eigenvalue weighted by molar-refractivity contribution is 6.33. The van der Waals surface area contributed by atoms with Gasteiger partial charge in [0.05, 0.1) is 17.2 Å². The van der Waals surface area contributed by atoms with E-state index in [4.69, 9.17) is 21.1 Å². The third kappa shape index (κ3) is 6.04. The SMILES string of the molecule is C[C@H](Nc1c(-c2c(F)cc(OC3CC4(CCN(C(=O)OC(C)(C)C)CC4)C3)cc2F)c(Cl)nc2ncnn12)C(F)(F)F. The van der Waals surface area contributed by atoms with Gasteiger partial charge in [0.2, 0.25) is 0 Å². The molecular weight excluding hydrogens is 587 g/mol. The zero-order chi connectivity index (χ0) is 30.6. The predicted octanol–water partition coefficient (Wildman–Crippen LogP) is 6.64. The first-order chi connectivity index (χ1) is 19.6. The summed E-state index contributed by atoms with van der Waals surface area (Å²) in [4.78, 5) is 21.8. The molecule has 9 nitrogen and oxygen atoms in total. The van der Waals surface area contributed by atoms with Gasteiger partial charge in [0.15, 0.2) is 0 Å². The fourth-order valence-corrected chi connectivity index (χ4v) is 5.66. The Hall–Kier alpha value is -3.42. The second-order valence-electron chi connectivity index (χ2n) is 11.9. The number of benzene rings is 1. The summed E-state index contributed by atoms with van der Waals surface area (Å²) < 4.78 is 83.2. The average Bonchev–Trinajstić information content (AvgIpc) is 3.31. The number of ether oxygens (including phenoxy) is 2. The number of aromatic nitrogens is 4. The molecule has 1 aliphatic carbocycles. The summed E-state index contributed by atoms with van der Waals surface area (Å²) in [5.41, 5.74) is -1.73. The number of alkyl halides is 3. The molecule has 1 saturated heterocycles. The summed E-state index contributed by atoms with van der Waals surface area (Å²) in [5, 5.41) is 5.59. The topological polar surface area (TPSA) is 93.9 Å². The maximum Gasteiger partial charge on any atom is 0.410 e. The Bertz CT molecular complexity index is 1470. The van der Waals surface area contributed by atoms with Crippen molar-refractivity contribution in [2.45, 2.75) is 77.3 Å². The molecule has 1 aliphatic heterocycles. The number of hydrogen-bond donors (Lipinski definition) is 1. The van der Waals surface area contributed by atoms with Crippen LogP contribution >= 0.6 is 11.6 Å². The van der Waals surface area contributed by atoms with Gasteiger partial charge in [-0.05, 0) is 58.8 Å². The van der Waals surface area contributed by atoms with Crippen LogP contribution < -0.4 is 10.1 Å². The maximum absolute atomic E-state index is 15.5. The molecule has 1 aromatic carbocycles. The Morgan fingerprint density at radius 2 is 1.74 bits per heavy atom. The normalized spacial score (nSPS) is 18.2. The van der Waals surface area contributed by atoms with Crippen molar-refractivity contribution >= 4 is 29.3 Å². The number of carbonyl (C=O) groups excluding carboxylic acids is 1. The number of fused-ring (bicyclic) bond motifs is 1. The number of hydrogen-bond acceptors (Lipinski definition) is 7. The van der Waals surface area contributed by atoms with Crippen molar-refractivity contribution in [3.63, 3.8) is 0 Å². The van der Waals surface area contributed by atoms with E-state index in [2.05, 4.69) is 20.4 Å². The number of carbonyl (C=O) groups is 1. The van der Waals surface area contributed by atoms with E-state index in [1.54, 1.807) is 4.90 Å². The molecule has 1 amide bonds. The first kappa shape index (κ1) is 30.1. The highest BCUT2D eigenvalue weighted by atomic mass is 35.5. The number of rotatable bonds is 5. The fourth-order valence-electron chi connectivity index (χ4n) is 5.40. The first-order valence-electron chi connectivity index (χ1n) is 13.4. The predicted molar refractivity (Wildman–Crippen MR) is 143 cm³/mol. The molecule has 2 fully saturated rings. The molecule has 2 aliphatic rings. The Kier molecular flexibility index (Phi) is 7.65. The standard InChI is InChI=1S/C27H30ClF5N6O3/c1-14(27(31,32)33)36-22-20(21(28)37-23-34-13-35-39(22)23)19-17(29)9-15(10-18(19)30)41-16-11-26(12-16)5-7-38(8-6-26)24(40)42-25(2,3)4/h9-10,13-14,16,36H,5-8,11-12H2,1-4H3/t14-/m0/s1. The van der Waals surface area contributed by atoms with Crippen LogP contribution in [-0.2, 0) is 4.74 Å². The molecule has 1 atom stereocenters. The largest absolute Gasteiger partial charge is 0.490 e. The van der Waals surface area contributed by atoms with E-state index in [0.717, 1.165) is 42.7 Å². The van der Waals surface area contributed by atoms with Crippen molar-refractivity contribution in [1.29, 1.82) is 0 Å². The van der Waals surface area contributed by atoms with Gasteiger partial charge >= 0.3 is 12.3 Å². The molecular formula is C27H30ClF5N6O3. The van der Waals surface area contributed by atoms with E-state index in [9.17, 15) is 18.0 Å². The fraction of sp³-hybridized carbons (Fsp3) is 0.556. The zero-order valence-electron chi connectivity index (χ0n) is 23.4. The lowest BCUT2D eigenvalue weighted by molar-refractivity contribution is -0.138. The Labute approximate surface area is 243 Å². The minimum Gasteiger partial charge on any atom is -0.490 e. The highest BCUT2D eigenvalue weighted by Crippen LogP contribution is 2.51. The molecule has 1 spiro atoms. The van der Waals surface area contributed by atoms with Crippen molar-refractivity contribution in [1.82, 2.24) is 24.5 Å². The van der Waals surface area contributed by atoms with Gasteiger partial charge in [0, 0.05) is 25.2 Å². The van der Waals surface area contributed by atoms with Gasteiger partial charge in [-0.15, -0.1) is 0 Å². The lowest BCUT2D eigenvalue weighted by Gasteiger charge is -2.51. The zero-order valence-corrected chi connectivity index (χ0v) is 24.1. The van der Waals surface area contributed by atoms with Crippen LogP contribution in [0.15, 0.2) is 18.5 Å². The third-order valence-electron chi connectivity index (χ3n) is 7.59. The molecule has 1 N–H and O–H groups in total. The van der Waals surface area contributed by atoms with Crippen LogP contribution in [0.25, 0.3) is 16.9 Å². The number of likely N-dealkylation sites (tertiary alicyclic amines) is 1. The van der Waals surface area contributed by atoms with Gasteiger partial charge in [-0.1, -0.05) is 11.6 Å². The second kappa shape index (κ2) is 10.7. The molecule has 15 heteroatoms. The summed E-state index contributed by atoms with van der Waals surface area (Å²) in [6.07, 6.45) is -1.45. The van der Waals surface area contributed by atoms with Crippen molar-refractivity contribution in [2.24, 2.45) is 5.41 Å². The van der Waals surface area contributed by atoms with Crippen molar-refractivity contribution in [3.05, 3.63) is 35.2 Å². The second-order valence-corrected chi connectivity index (χ2v) is 12.2.